The van der Waals surface area contributed by atoms with Gasteiger partial charge in [-0.3, -0.25) is 0 Å². The van der Waals surface area contributed by atoms with Crippen molar-refractivity contribution in [1.82, 2.24) is 4.90 Å². The van der Waals surface area contributed by atoms with Crippen LogP contribution in [0.5, 0.6) is 0 Å². The summed E-state index contributed by atoms with van der Waals surface area (Å²) in [4.78, 5) is 2.21. The third-order valence-corrected chi connectivity index (χ3v) is 1.92. The van der Waals surface area contributed by atoms with Crippen LogP contribution in [-0.2, 0) is 0 Å². The first-order valence-corrected chi connectivity index (χ1v) is 3.85. The van der Waals surface area contributed by atoms with Crippen LogP contribution >= 0.6 is 0 Å². The van der Waals surface area contributed by atoms with Crippen LogP contribution in [0.15, 0.2) is 12.7 Å². The van der Waals surface area contributed by atoms with E-state index in [1.807, 2.05) is 6.08 Å². The van der Waals surface area contributed by atoms with Crippen LogP contribution in [0, 0.1) is 11.8 Å². The molecule has 0 bridgehead atoms. The van der Waals surface area contributed by atoms with Gasteiger partial charge in [0.1, 0.15) is 0 Å². The Morgan fingerprint density at radius 3 is 2.20 bits per heavy atom. The summed E-state index contributed by atoms with van der Waals surface area (Å²) in [5.74, 6) is 1.34. The molecule has 0 aliphatic heterocycles. The molecule has 0 saturated heterocycles. The Bertz CT molecular complexity index is 96.9. The van der Waals surface area contributed by atoms with Crippen LogP contribution < -0.4 is 0 Å². The van der Waals surface area contributed by atoms with Gasteiger partial charge in [0.15, 0.2) is 0 Å². The van der Waals surface area contributed by atoms with Crippen LogP contribution in [0.3, 0.4) is 0 Å². The molecular formula is C9H19N. The van der Waals surface area contributed by atoms with Crippen molar-refractivity contribution in [2.75, 3.05) is 20.6 Å². The van der Waals surface area contributed by atoms with Gasteiger partial charge in [-0.1, -0.05) is 19.9 Å². The van der Waals surface area contributed by atoms with E-state index in [1.54, 1.807) is 0 Å². The first-order valence-electron chi connectivity index (χ1n) is 3.85. The molecule has 0 aliphatic rings. The highest BCUT2D eigenvalue weighted by Crippen LogP contribution is 2.11. The standard InChI is InChI=1S/C9H19N/c1-6-8(2)9(3)7-10(4)5/h6,8-9H,1,7H2,2-5H3. The quantitative estimate of drug-likeness (QED) is 0.541. The van der Waals surface area contributed by atoms with Gasteiger partial charge in [-0.15, -0.1) is 6.58 Å². The summed E-state index contributed by atoms with van der Waals surface area (Å²) in [6.45, 7) is 9.38. The average molecular weight is 141 g/mol. The fraction of sp³-hybridized carbons (Fsp3) is 0.778. The normalized spacial score (nSPS) is 16.9. The summed E-state index contributed by atoms with van der Waals surface area (Å²) in [6.07, 6.45) is 2.02. The molecule has 0 spiro atoms. The first-order chi connectivity index (χ1) is 4.57. The molecule has 2 unspecified atom stereocenters. The Morgan fingerprint density at radius 1 is 1.40 bits per heavy atom. The zero-order valence-electron chi connectivity index (χ0n) is 7.59. The number of rotatable bonds is 4. The number of nitrogens with zero attached hydrogens (tertiary/aromatic N) is 1. The van der Waals surface area contributed by atoms with Crippen LogP contribution in [-0.4, -0.2) is 25.5 Å². The lowest BCUT2D eigenvalue weighted by molar-refractivity contribution is 0.302. The van der Waals surface area contributed by atoms with Crippen molar-refractivity contribution in [3.05, 3.63) is 12.7 Å². The Balaban J connectivity index is 3.60. The predicted molar refractivity (Wildman–Crippen MR) is 47.1 cm³/mol. The molecule has 0 amide bonds. The van der Waals surface area contributed by atoms with Gasteiger partial charge >= 0.3 is 0 Å². The third kappa shape index (κ3) is 3.67. The smallest absolute Gasteiger partial charge is 0.000644 e. The third-order valence-electron chi connectivity index (χ3n) is 1.92. The maximum Gasteiger partial charge on any atom is 0.000644 e. The van der Waals surface area contributed by atoms with Crippen LogP contribution in [0.25, 0.3) is 0 Å². The van der Waals surface area contributed by atoms with Crippen LogP contribution in [0.2, 0.25) is 0 Å². The van der Waals surface area contributed by atoms with E-state index in [9.17, 15) is 0 Å². The van der Waals surface area contributed by atoms with Gasteiger partial charge < -0.3 is 4.90 Å². The lowest BCUT2D eigenvalue weighted by Gasteiger charge is -2.20. The molecule has 0 aromatic carbocycles. The van der Waals surface area contributed by atoms with Gasteiger partial charge in [0.2, 0.25) is 0 Å². The highest BCUT2D eigenvalue weighted by atomic mass is 15.1. The van der Waals surface area contributed by atoms with E-state index in [0.29, 0.717) is 11.8 Å². The highest BCUT2D eigenvalue weighted by Gasteiger charge is 2.08. The summed E-state index contributed by atoms with van der Waals surface area (Å²) >= 11 is 0. The number of hydrogen-bond donors (Lipinski definition) is 0. The summed E-state index contributed by atoms with van der Waals surface area (Å²) in [7, 11) is 4.21. The molecule has 0 heterocycles. The van der Waals surface area contributed by atoms with E-state index in [-0.39, 0.29) is 0 Å². The predicted octanol–water partition coefficient (Wildman–Crippen LogP) is 2.01. The van der Waals surface area contributed by atoms with Crippen molar-refractivity contribution >= 4 is 0 Å². The Kier molecular flexibility index (Phi) is 4.37. The van der Waals surface area contributed by atoms with Crippen molar-refractivity contribution in [2.45, 2.75) is 13.8 Å². The molecule has 0 aromatic rings. The van der Waals surface area contributed by atoms with Crippen molar-refractivity contribution in [1.29, 1.82) is 0 Å². The highest BCUT2D eigenvalue weighted by molar-refractivity contribution is 4.79. The number of allylic oxidation sites excluding steroid dienone is 1. The van der Waals surface area contributed by atoms with Gasteiger partial charge in [0, 0.05) is 6.54 Å². The second-order valence-corrected chi connectivity index (χ2v) is 3.33. The SMILES string of the molecule is C=CC(C)C(C)CN(C)C. The topological polar surface area (TPSA) is 3.24 Å². The first kappa shape index (κ1) is 9.70. The summed E-state index contributed by atoms with van der Waals surface area (Å²) < 4.78 is 0. The molecule has 1 nitrogen and oxygen atoms in total. The van der Waals surface area contributed by atoms with Gasteiger partial charge in [0.05, 0.1) is 0 Å². The molecule has 60 valence electrons. The Hall–Kier alpha value is -0.300. The molecule has 0 aromatic heterocycles. The molecule has 2 atom stereocenters. The van der Waals surface area contributed by atoms with E-state index in [0.717, 1.165) is 6.54 Å². The van der Waals surface area contributed by atoms with Crippen molar-refractivity contribution in [2.24, 2.45) is 11.8 Å². The van der Waals surface area contributed by atoms with Gasteiger partial charge in [0.25, 0.3) is 0 Å². The van der Waals surface area contributed by atoms with Gasteiger partial charge in [-0.05, 0) is 25.9 Å². The molecule has 0 saturated carbocycles. The zero-order chi connectivity index (χ0) is 8.15. The fourth-order valence-electron chi connectivity index (χ4n) is 0.975. The lowest BCUT2D eigenvalue weighted by atomic mass is 9.96. The molecule has 0 rings (SSSR count). The zero-order valence-corrected chi connectivity index (χ0v) is 7.59. The Morgan fingerprint density at radius 2 is 1.90 bits per heavy atom. The minimum atomic E-state index is 0.627. The second-order valence-electron chi connectivity index (χ2n) is 3.33. The molecule has 0 fully saturated rings. The molecule has 1 heteroatoms. The average Bonchev–Trinajstić information content (AvgIpc) is 1.85. The molecule has 0 radical (unpaired) electrons. The van der Waals surface area contributed by atoms with Crippen LogP contribution in [0.1, 0.15) is 13.8 Å². The van der Waals surface area contributed by atoms with Crippen molar-refractivity contribution < 1.29 is 0 Å². The maximum absolute atomic E-state index is 3.77. The molecule has 10 heavy (non-hydrogen) atoms. The Labute approximate surface area is 64.7 Å². The summed E-state index contributed by atoms with van der Waals surface area (Å²) in [6, 6.07) is 0. The number of hydrogen-bond acceptors (Lipinski definition) is 1. The van der Waals surface area contributed by atoms with E-state index in [2.05, 4.69) is 39.4 Å². The second kappa shape index (κ2) is 4.51. The molecular weight excluding hydrogens is 122 g/mol. The van der Waals surface area contributed by atoms with Gasteiger partial charge in [-0.25, -0.2) is 0 Å². The summed E-state index contributed by atoms with van der Waals surface area (Å²) in [5.41, 5.74) is 0. The van der Waals surface area contributed by atoms with E-state index in [1.165, 1.54) is 0 Å². The van der Waals surface area contributed by atoms with E-state index >= 15 is 0 Å². The van der Waals surface area contributed by atoms with Crippen molar-refractivity contribution in [3.8, 4) is 0 Å². The van der Waals surface area contributed by atoms with Crippen LogP contribution in [0.4, 0.5) is 0 Å². The molecule has 0 N–H and O–H groups in total. The van der Waals surface area contributed by atoms with Gasteiger partial charge in [-0.2, -0.15) is 0 Å². The maximum atomic E-state index is 3.77. The van der Waals surface area contributed by atoms with E-state index in [4.69, 9.17) is 0 Å². The monoisotopic (exact) mass is 141 g/mol. The molecule has 0 aliphatic carbocycles. The van der Waals surface area contributed by atoms with E-state index < -0.39 is 0 Å². The fourth-order valence-corrected chi connectivity index (χ4v) is 0.975. The van der Waals surface area contributed by atoms with Crippen molar-refractivity contribution in [3.63, 3.8) is 0 Å². The minimum absolute atomic E-state index is 0.627. The lowest BCUT2D eigenvalue weighted by Crippen LogP contribution is -2.23. The minimum Gasteiger partial charge on any atom is -0.309 e. The summed E-state index contributed by atoms with van der Waals surface area (Å²) in [5, 5.41) is 0. The largest absolute Gasteiger partial charge is 0.309 e.